The van der Waals surface area contributed by atoms with Crippen LogP contribution < -0.4 is 5.73 Å². The molecule has 1 amide bonds. The molecular formula is C11H22N2O3S. The lowest BCUT2D eigenvalue weighted by molar-refractivity contribution is -0.134. The molecule has 0 aliphatic carbocycles. The Balaban J connectivity index is 2.53. The quantitative estimate of drug-likeness (QED) is 0.756. The van der Waals surface area contributed by atoms with Gasteiger partial charge in [-0.25, -0.2) is 0 Å². The van der Waals surface area contributed by atoms with Crippen LogP contribution >= 0.6 is 0 Å². The van der Waals surface area contributed by atoms with Crippen molar-refractivity contribution < 1.29 is 13.7 Å². The summed E-state index contributed by atoms with van der Waals surface area (Å²) in [5.74, 6) is 0.278. The van der Waals surface area contributed by atoms with Gasteiger partial charge in [-0.15, -0.1) is 0 Å². The van der Waals surface area contributed by atoms with Crippen LogP contribution in [0.5, 0.6) is 0 Å². The van der Waals surface area contributed by atoms with Crippen LogP contribution in [0.4, 0.5) is 0 Å². The second kappa shape index (κ2) is 5.93. The topological polar surface area (TPSA) is 72.6 Å². The van der Waals surface area contributed by atoms with Gasteiger partial charge in [-0.1, -0.05) is 0 Å². The molecule has 1 aliphatic rings. The molecule has 1 rings (SSSR count). The summed E-state index contributed by atoms with van der Waals surface area (Å²) in [6.45, 7) is 7.65. The van der Waals surface area contributed by atoms with Gasteiger partial charge in [0.05, 0.1) is 13.2 Å². The van der Waals surface area contributed by atoms with E-state index in [9.17, 15) is 9.00 Å². The molecule has 0 radical (unpaired) electrons. The highest BCUT2D eigenvalue weighted by molar-refractivity contribution is 7.86. The first-order valence-electron chi connectivity index (χ1n) is 5.84. The molecule has 100 valence electrons. The molecule has 0 bridgehead atoms. The number of hydrogen-bond donors (Lipinski definition) is 1. The summed E-state index contributed by atoms with van der Waals surface area (Å²) in [5, 5.41) is -0.490. The maximum absolute atomic E-state index is 12.1. The van der Waals surface area contributed by atoms with Crippen LogP contribution in [0.1, 0.15) is 20.8 Å². The molecule has 5 nitrogen and oxygen atoms in total. The first-order valence-corrected chi connectivity index (χ1v) is 7.22. The Hall–Kier alpha value is -0.460. The smallest absolute Gasteiger partial charge is 0.238 e. The van der Waals surface area contributed by atoms with Gasteiger partial charge in [0.2, 0.25) is 5.91 Å². The summed E-state index contributed by atoms with van der Waals surface area (Å²) in [5.41, 5.74) is 5.31. The molecule has 6 heteroatoms. The summed E-state index contributed by atoms with van der Waals surface area (Å²) < 4.78 is 17.2. The summed E-state index contributed by atoms with van der Waals surface area (Å²) >= 11 is 0. The number of rotatable bonds is 4. The van der Waals surface area contributed by atoms with Gasteiger partial charge in [0.15, 0.2) is 0 Å². The van der Waals surface area contributed by atoms with Crippen LogP contribution in [0.15, 0.2) is 0 Å². The maximum atomic E-state index is 12.1. The van der Waals surface area contributed by atoms with Crippen LogP contribution in [-0.2, 0) is 20.3 Å². The molecule has 1 saturated heterocycles. The van der Waals surface area contributed by atoms with E-state index in [2.05, 4.69) is 0 Å². The Morgan fingerprint density at radius 1 is 1.47 bits per heavy atom. The Bertz CT molecular complexity index is 296. The van der Waals surface area contributed by atoms with Gasteiger partial charge >= 0.3 is 0 Å². The van der Waals surface area contributed by atoms with Crippen LogP contribution in [0.25, 0.3) is 0 Å². The molecule has 0 spiro atoms. The molecule has 0 aromatic carbocycles. The largest absolute Gasteiger partial charge is 0.378 e. The minimum atomic E-state index is -1.22. The van der Waals surface area contributed by atoms with E-state index in [0.717, 1.165) is 0 Å². The second-order valence-electron chi connectivity index (χ2n) is 5.09. The predicted octanol–water partition coefficient (Wildman–Crippen LogP) is -0.280. The fourth-order valence-electron chi connectivity index (χ4n) is 1.64. The van der Waals surface area contributed by atoms with Crippen molar-refractivity contribution in [1.82, 2.24) is 4.90 Å². The van der Waals surface area contributed by atoms with Crippen LogP contribution in [0.3, 0.4) is 0 Å². The lowest BCUT2D eigenvalue weighted by Gasteiger charge is -2.29. The fraction of sp³-hybridized carbons (Fsp3) is 0.909. The van der Waals surface area contributed by atoms with Crippen molar-refractivity contribution in [2.75, 3.05) is 32.1 Å². The third kappa shape index (κ3) is 4.73. The van der Waals surface area contributed by atoms with Crippen molar-refractivity contribution >= 4 is 16.7 Å². The third-order valence-corrected chi connectivity index (χ3v) is 4.60. The zero-order valence-corrected chi connectivity index (χ0v) is 11.6. The standard InChI is InChI=1S/C11H22N2O3S/c1-9(17(15)8-11(2,3)12)10(14)13-4-6-16-7-5-13/h9H,4-8,12H2,1-3H3. The van der Waals surface area contributed by atoms with Crippen LogP contribution in [0, 0.1) is 0 Å². The number of nitrogens with zero attached hydrogens (tertiary/aromatic N) is 1. The first-order chi connectivity index (χ1) is 7.81. The maximum Gasteiger partial charge on any atom is 0.238 e. The Kier molecular flexibility index (Phi) is 5.09. The van der Waals surface area contributed by atoms with Crippen molar-refractivity contribution in [2.24, 2.45) is 5.73 Å². The van der Waals surface area contributed by atoms with E-state index < -0.39 is 21.6 Å². The summed E-state index contributed by atoms with van der Waals surface area (Å²) in [4.78, 5) is 13.8. The number of nitrogens with two attached hydrogens (primary N) is 1. The molecule has 1 fully saturated rings. The number of carbonyl (C=O) groups is 1. The highest BCUT2D eigenvalue weighted by Gasteiger charge is 2.29. The van der Waals surface area contributed by atoms with Gasteiger partial charge in [0, 0.05) is 35.2 Å². The Labute approximate surface area is 105 Å². The Morgan fingerprint density at radius 3 is 2.47 bits per heavy atom. The van der Waals surface area contributed by atoms with Gasteiger partial charge < -0.3 is 15.4 Å². The molecular weight excluding hydrogens is 240 g/mol. The van der Waals surface area contributed by atoms with E-state index in [-0.39, 0.29) is 5.91 Å². The predicted molar refractivity (Wildman–Crippen MR) is 68.1 cm³/mol. The van der Waals surface area contributed by atoms with E-state index in [0.29, 0.717) is 32.1 Å². The van der Waals surface area contributed by atoms with Crippen LogP contribution in [-0.4, -0.2) is 57.9 Å². The van der Waals surface area contributed by atoms with Gasteiger partial charge in [-0.05, 0) is 20.8 Å². The lowest BCUT2D eigenvalue weighted by atomic mass is 10.1. The van der Waals surface area contributed by atoms with E-state index in [1.165, 1.54) is 0 Å². The zero-order valence-electron chi connectivity index (χ0n) is 10.8. The average molecular weight is 262 g/mol. The SMILES string of the molecule is CC(C(=O)N1CCOCC1)S(=O)CC(C)(C)N. The number of ether oxygens (including phenoxy) is 1. The summed E-state index contributed by atoms with van der Waals surface area (Å²) in [7, 11) is -1.22. The lowest BCUT2D eigenvalue weighted by Crippen LogP contribution is -2.48. The monoisotopic (exact) mass is 262 g/mol. The second-order valence-corrected chi connectivity index (χ2v) is 6.85. The summed E-state index contributed by atoms with van der Waals surface area (Å²) in [6, 6.07) is 0. The van der Waals surface area contributed by atoms with Gasteiger partial charge in [-0.2, -0.15) is 0 Å². The van der Waals surface area contributed by atoms with Gasteiger partial charge in [0.1, 0.15) is 5.25 Å². The molecule has 1 aliphatic heterocycles. The molecule has 0 saturated carbocycles. The van der Waals surface area contributed by atoms with E-state index >= 15 is 0 Å². The minimum absolute atomic E-state index is 0.0594. The van der Waals surface area contributed by atoms with Crippen molar-refractivity contribution in [2.45, 2.75) is 31.6 Å². The van der Waals surface area contributed by atoms with Gasteiger partial charge in [-0.3, -0.25) is 9.00 Å². The first kappa shape index (κ1) is 14.6. The summed E-state index contributed by atoms with van der Waals surface area (Å²) in [6.07, 6.45) is 0. The molecule has 2 unspecified atom stereocenters. The third-order valence-electron chi connectivity index (χ3n) is 2.58. The minimum Gasteiger partial charge on any atom is -0.378 e. The highest BCUT2D eigenvalue weighted by Crippen LogP contribution is 2.09. The van der Waals surface area contributed by atoms with E-state index in [4.69, 9.17) is 10.5 Å². The van der Waals surface area contributed by atoms with Crippen molar-refractivity contribution in [3.8, 4) is 0 Å². The fourth-order valence-corrected chi connectivity index (χ4v) is 3.00. The molecule has 2 atom stereocenters. The van der Waals surface area contributed by atoms with Crippen molar-refractivity contribution in [1.29, 1.82) is 0 Å². The number of amides is 1. The average Bonchev–Trinajstić information content (AvgIpc) is 2.26. The van der Waals surface area contributed by atoms with E-state index in [1.54, 1.807) is 11.8 Å². The molecule has 1 heterocycles. The number of carbonyl (C=O) groups excluding carboxylic acids is 1. The molecule has 2 N–H and O–H groups in total. The number of morpholine rings is 1. The van der Waals surface area contributed by atoms with Crippen LogP contribution in [0.2, 0.25) is 0 Å². The Morgan fingerprint density at radius 2 is 2.00 bits per heavy atom. The van der Waals surface area contributed by atoms with E-state index in [1.807, 2.05) is 13.8 Å². The molecule has 0 aromatic rings. The molecule has 0 aromatic heterocycles. The normalized spacial score (nSPS) is 21.1. The van der Waals surface area contributed by atoms with Crippen molar-refractivity contribution in [3.05, 3.63) is 0 Å². The number of hydrogen-bond acceptors (Lipinski definition) is 4. The molecule has 17 heavy (non-hydrogen) atoms. The van der Waals surface area contributed by atoms with Gasteiger partial charge in [0.25, 0.3) is 0 Å². The van der Waals surface area contributed by atoms with Crippen molar-refractivity contribution in [3.63, 3.8) is 0 Å². The highest BCUT2D eigenvalue weighted by atomic mass is 32.2. The zero-order chi connectivity index (χ0) is 13.1.